The van der Waals surface area contributed by atoms with E-state index in [1.807, 2.05) is 23.1 Å². The number of rotatable bonds is 9. The lowest BCUT2D eigenvalue weighted by Crippen LogP contribution is -2.39. The van der Waals surface area contributed by atoms with Crippen LogP contribution in [0.25, 0.3) is 10.2 Å². The number of carbonyl (C=O) groups is 1. The normalized spacial score (nSPS) is 11.3. The molecule has 154 valence electrons. The summed E-state index contributed by atoms with van der Waals surface area (Å²) in [5, 5.41) is 1.34. The molecule has 0 fully saturated rings. The van der Waals surface area contributed by atoms with Crippen LogP contribution < -0.4 is 4.90 Å². The van der Waals surface area contributed by atoms with Gasteiger partial charge in [-0.2, -0.15) is 0 Å². The summed E-state index contributed by atoms with van der Waals surface area (Å²) in [6.45, 7) is 9.70. The molecule has 0 N–H and O–H groups in total. The summed E-state index contributed by atoms with van der Waals surface area (Å²) in [5.41, 5.74) is 1.98. The molecule has 3 aromatic rings. The monoisotopic (exact) mass is 447 g/mol. The zero-order chi connectivity index (χ0) is 20.8. The minimum absolute atomic E-state index is 0.0675. The van der Waals surface area contributed by atoms with Crippen molar-refractivity contribution in [3.63, 3.8) is 0 Å². The average Bonchev–Trinajstić information content (AvgIpc) is 3.16. The first-order valence-corrected chi connectivity index (χ1v) is 12.0. The molecule has 0 aliphatic carbocycles. The molecular weight excluding hydrogens is 422 g/mol. The predicted molar refractivity (Wildman–Crippen MR) is 127 cm³/mol. The largest absolute Gasteiger partial charge is 0.302 e. The topological polar surface area (TPSA) is 36.4 Å². The number of aromatic nitrogens is 1. The van der Waals surface area contributed by atoms with Crippen LogP contribution in [0.4, 0.5) is 5.13 Å². The standard InChI is InChI=1S/C22H26ClN3OS2/c1-4-25(5-2)13-14-26(20(27)15-28-17-11-9-16(3)10-12-17)22-24-21-18(23)7-6-8-19(21)29-22/h6-12H,4-5,13-15H2,1-3H3. The van der Waals surface area contributed by atoms with Gasteiger partial charge in [0.25, 0.3) is 0 Å². The van der Waals surface area contributed by atoms with Crippen LogP contribution in [0.15, 0.2) is 47.4 Å². The lowest BCUT2D eigenvalue weighted by atomic mass is 10.2. The first-order chi connectivity index (χ1) is 14.0. The fourth-order valence-electron chi connectivity index (χ4n) is 2.98. The van der Waals surface area contributed by atoms with Crippen LogP contribution >= 0.6 is 34.7 Å². The smallest absolute Gasteiger partial charge is 0.239 e. The van der Waals surface area contributed by atoms with Gasteiger partial charge in [-0.3, -0.25) is 9.69 Å². The third-order valence-corrected chi connectivity index (χ3v) is 7.15. The molecule has 1 aromatic heterocycles. The maximum absolute atomic E-state index is 13.2. The quantitative estimate of drug-likeness (QED) is 0.393. The van der Waals surface area contributed by atoms with Gasteiger partial charge in [-0.05, 0) is 44.3 Å². The number of hydrogen-bond donors (Lipinski definition) is 0. The SMILES string of the molecule is CCN(CC)CCN(C(=O)CSc1ccc(C)cc1)c1nc2c(Cl)cccc2s1. The number of thioether (sulfide) groups is 1. The van der Waals surface area contributed by atoms with E-state index in [0.29, 0.717) is 17.3 Å². The van der Waals surface area contributed by atoms with Crippen LogP contribution in [0.5, 0.6) is 0 Å². The van der Waals surface area contributed by atoms with E-state index in [-0.39, 0.29) is 5.91 Å². The summed E-state index contributed by atoms with van der Waals surface area (Å²) < 4.78 is 0.999. The number of aryl methyl sites for hydroxylation is 1. The number of carbonyl (C=O) groups excluding carboxylic acids is 1. The van der Waals surface area contributed by atoms with Crippen molar-refractivity contribution < 1.29 is 4.79 Å². The third kappa shape index (κ3) is 5.72. The fraction of sp³-hybridized carbons (Fsp3) is 0.364. The summed E-state index contributed by atoms with van der Waals surface area (Å²) in [7, 11) is 0. The average molecular weight is 448 g/mol. The molecule has 0 bridgehead atoms. The van der Waals surface area contributed by atoms with Gasteiger partial charge in [0, 0.05) is 18.0 Å². The van der Waals surface area contributed by atoms with Gasteiger partial charge in [0.15, 0.2) is 5.13 Å². The third-order valence-electron chi connectivity index (χ3n) is 4.81. The highest BCUT2D eigenvalue weighted by Crippen LogP contribution is 2.33. The second-order valence-corrected chi connectivity index (χ2v) is 9.22. The molecule has 0 atom stereocenters. The molecule has 1 heterocycles. The van der Waals surface area contributed by atoms with Crippen LogP contribution in [0.1, 0.15) is 19.4 Å². The van der Waals surface area contributed by atoms with Gasteiger partial charge in [0.2, 0.25) is 5.91 Å². The molecular formula is C22H26ClN3OS2. The Morgan fingerprint density at radius 1 is 1.10 bits per heavy atom. The van der Waals surface area contributed by atoms with Crippen LogP contribution in [-0.4, -0.2) is 47.7 Å². The Hall–Kier alpha value is -1.60. The summed E-state index contributed by atoms with van der Waals surface area (Å²) in [6.07, 6.45) is 0. The van der Waals surface area contributed by atoms with E-state index in [9.17, 15) is 4.79 Å². The summed E-state index contributed by atoms with van der Waals surface area (Å²) in [5.74, 6) is 0.447. The molecule has 0 aliphatic rings. The number of para-hydroxylation sites is 1. The van der Waals surface area contributed by atoms with Crippen LogP contribution in [0.3, 0.4) is 0 Å². The molecule has 3 rings (SSSR count). The van der Waals surface area contributed by atoms with Gasteiger partial charge in [0.05, 0.1) is 15.5 Å². The number of thiazole rings is 1. The number of halogens is 1. The number of likely N-dealkylation sites (N-methyl/N-ethyl adjacent to an activating group) is 1. The molecule has 7 heteroatoms. The fourth-order valence-corrected chi connectivity index (χ4v) is 5.07. The number of hydrogen-bond acceptors (Lipinski definition) is 5. The number of benzene rings is 2. The van der Waals surface area contributed by atoms with Crippen LogP contribution in [0.2, 0.25) is 5.02 Å². The van der Waals surface area contributed by atoms with Crippen molar-refractivity contribution >= 4 is 56.0 Å². The zero-order valence-corrected chi connectivity index (χ0v) is 19.4. The number of fused-ring (bicyclic) bond motifs is 1. The van der Waals surface area contributed by atoms with Crippen molar-refractivity contribution in [2.75, 3.05) is 36.8 Å². The van der Waals surface area contributed by atoms with Crippen molar-refractivity contribution in [2.45, 2.75) is 25.7 Å². The molecule has 0 aliphatic heterocycles. The van der Waals surface area contributed by atoms with Gasteiger partial charge in [-0.25, -0.2) is 4.98 Å². The number of amides is 1. The van der Waals surface area contributed by atoms with Gasteiger partial charge in [0.1, 0.15) is 5.52 Å². The van der Waals surface area contributed by atoms with E-state index in [1.54, 1.807) is 11.8 Å². The van der Waals surface area contributed by atoms with Crippen molar-refractivity contribution in [3.8, 4) is 0 Å². The van der Waals surface area contributed by atoms with Gasteiger partial charge in [-0.1, -0.05) is 60.5 Å². The summed E-state index contributed by atoms with van der Waals surface area (Å²) >= 11 is 9.39. The van der Waals surface area contributed by atoms with Gasteiger partial charge in [-0.15, -0.1) is 11.8 Å². The molecule has 0 saturated heterocycles. The lowest BCUT2D eigenvalue weighted by molar-refractivity contribution is -0.116. The molecule has 29 heavy (non-hydrogen) atoms. The summed E-state index contributed by atoms with van der Waals surface area (Å²) in [4.78, 5) is 23.1. The Morgan fingerprint density at radius 2 is 1.83 bits per heavy atom. The Morgan fingerprint density at radius 3 is 2.48 bits per heavy atom. The number of nitrogens with zero attached hydrogens (tertiary/aromatic N) is 3. The van der Waals surface area contributed by atoms with Crippen molar-refractivity contribution in [3.05, 3.63) is 53.1 Å². The molecule has 0 radical (unpaired) electrons. The molecule has 0 saturated carbocycles. The van der Waals surface area contributed by atoms with E-state index in [0.717, 1.165) is 39.9 Å². The molecule has 4 nitrogen and oxygen atoms in total. The molecule has 0 unspecified atom stereocenters. The van der Waals surface area contributed by atoms with E-state index in [2.05, 4.69) is 49.9 Å². The van der Waals surface area contributed by atoms with Gasteiger partial charge < -0.3 is 4.90 Å². The second-order valence-electron chi connectivity index (χ2n) is 6.76. The summed E-state index contributed by atoms with van der Waals surface area (Å²) in [6, 6.07) is 14.0. The van der Waals surface area contributed by atoms with E-state index in [4.69, 9.17) is 16.6 Å². The Bertz CT molecular complexity index is 954. The highest BCUT2D eigenvalue weighted by molar-refractivity contribution is 8.00. The maximum Gasteiger partial charge on any atom is 0.239 e. The minimum Gasteiger partial charge on any atom is -0.302 e. The van der Waals surface area contributed by atoms with Crippen molar-refractivity contribution in [1.82, 2.24) is 9.88 Å². The highest BCUT2D eigenvalue weighted by Gasteiger charge is 2.21. The second kappa shape index (κ2) is 10.4. The first kappa shape index (κ1) is 22.1. The van der Waals surface area contributed by atoms with Crippen LogP contribution in [-0.2, 0) is 4.79 Å². The number of anilines is 1. The zero-order valence-electron chi connectivity index (χ0n) is 17.0. The van der Waals surface area contributed by atoms with Crippen molar-refractivity contribution in [1.29, 1.82) is 0 Å². The Kier molecular flexibility index (Phi) is 7.95. The molecule has 2 aromatic carbocycles. The highest BCUT2D eigenvalue weighted by atomic mass is 35.5. The van der Waals surface area contributed by atoms with Crippen LogP contribution in [0, 0.1) is 6.92 Å². The van der Waals surface area contributed by atoms with E-state index < -0.39 is 0 Å². The van der Waals surface area contributed by atoms with E-state index >= 15 is 0 Å². The van der Waals surface area contributed by atoms with E-state index in [1.165, 1.54) is 16.9 Å². The molecule has 1 amide bonds. The van der Waals surface area contributed by atoms with Crippen molar-refractivity contribution in [2.24, 2.45) is 0 Å². The predicted octanol–water partition coefficient (Wildman–Crippen LogP) is 5.73. The Labute approximate surface area is 185 Å². The lowest BCUT2D eigenvalue weighted by Gasteiger charge is -2.24. The molecule has 0 spiro atoms. The minimum atomic E-state index is 0.0675. The Balaban J connectivity index is 1.79. The maximum atomic E-state index is 13.2. The van der Waals surface area contributed by atoms with Gasteiger partial charge >= 0.3 is 0 Å². The first-order valence-electron chi connectivity index (χ1n) is 9.79.